The van der Waals surface area contributed by atoms with Gasteiger partial charge in [0.05, 0.1) is 5.52 Å². The van der Waals surface area contributed by atoms with E-state index in [1.807, 2.05) is 12.3 Å². The van der Waals surface area contributed by atoms with Gasteiger partial charge in [0.25, 0.3) is 0 Å². The van der Waals surface area contributed by atoms with Crippen molar-refractivity contribution in [1.29, 1.82) is 0 Å². The van der Waals surface area contributed by atoms with E-state index in [-0.39, 0.29) is 0 Å². The van der Waals surface area contributed by atoms with E-state index in [4.69, 9.17) is 4.98 Å². The Kier molecular flexibility index (Phi) is 3.36. The summed E-state index contributed by atoms with van der Waals surface area (Å²) in [7, 11) is 2.14. The summed E-state index contributed by atoms with van der Waals surface area (Å²) >= 11 is 0. The second-order valence-corrected chi connectivity index (χ2v) is 6.54. The smallest absolute Gasteiger partial charge is 0.0787 e. The topological polar surface area (TPSA) is 17.8 Å². The molecule has 0 aliphatic heterocycles. The first-order chi connectivity index (χ1) is 12.8. The molecule has 0 saturated heterocycles. The summed E-state index contributed by atoms with van der Waals surface area (Å²) < 4.78 is 2.28. The second-order valence-electron chi connectivity index (χ2n) is 6.54. The molecule has 0 bridgehead atoms. The molecule has 0 fully saturated rings. The van der Waals surface area contributed by atoms with Gasteiger partial charge in [-0.05, 0) is 23.6 Å². The molecule has 26 heavy (non-hydrogen) atoms. The fraction of sp³-hybridized carbons (Fsp3) is 0.0417. The molecular formula is C24H18N2. The van der Waals surface area contributed by atoms with Crippen molar-refractivity contribution in [2.75, 3.05) is 0 Å². The van der Waals surface area contributed by atoms with Crippen LogP contribution in [0.4, 0.5) is 0 Å². The highest BCUT2D eigenvalue weighted by molar-refractivity contribution is 6.17. The van der Waals surface area contributed by atoms with Crippen LogP contribution in [0.2, 0.25) is 0 Å². The summed E-state index contributed by atoms with van der Waals surface area (Å²) in [6, 6.07) is 29.9. The van der Waals surface area contributed by atoms with Crippen molar-refractivity contribution in [2.24, 2.45) is 7.05 Å². The molecule has 0 saturated carbocycles. The number of nitrogens with zero attached hydrogens (tertiary/aromatic N) is 2. The van der Waals surface area contributed by atoms with E-state index in [1.54, 1.807) is 0 Å². The minimum atomic E-state index is 1.03. The number of aryl methyl sites for hydroxylation is 1. The zero-order valence-electron chi connectivity index (χ0n) is 14.6. The molecule has 2 aromatic heterocycles. The fourth-order valence-corrected chi connectivity index (χ4v) is 3.88. The first-order valence-electron chi connectivity index (χ1n) is 8.81. The van der Waals surface area contributed by atoms with Crippen LogP contribution in [-0.4, -0.2) is 9.55 Å². The standard InChI is InChI=1S/C24H18N2/c1-26-22-14-6-4-10-18(22)17-9-2-3-12-20(17)24-21(13-8-16-25-24)19-11-5-7-15-23(19)26/h2-16H,1H3. The van der Waals surface area contributed by atoms with E-state index in [0.717, 1.165) is 10.9 Å². The Morgan fingerprint density at radius 3 is 1.69 bits per heavy atom. The minimum Gasteiger partial charge on any atom is -0.344 e. The maximum atomic E-state index is 4.78. The largest absolute Gasteiger partial charge is 0.344 e. The Morgan fingerprint density at radius 1 is 0.538 bits per heavy atom. The lowest BCUT2D eigenvalue weighted by Gasteiger charge is -2.07. The molecule has 5 rings (SSSR count). The first kappa shape index (κ1) is 14.9. The van der Waals surface area contributed by atoms with Crippen LogP contribution < -0.4 is 0 Å². The Balaban J connectivity index is 2.31. The van der Waals surface area contributed by atoms with Gasteiger partial charge in [-0.15, -0.1) is 0 Å². The van der Waals surface area contributed by atoms with Gasteiger partial charge in [0.2, 0.25) is 0 Å². The van der Waals surface area contributed by atoms with Gasteiger partial charge in [-0.2, -0.15) is 0 Å². The molecule has 0 N–H and O–H groups in total. The van der Waals surface area contributed by atoms with Crippen LogP contribution in [0.15, 0.2) is 91.1 Å². The van der Waals surface area contributed by atoms with Crippen molar-refractivity contribution in [2.45, 2.75) is 0 Å². The summed E-state index contributed by atoms with van der Waals surface area (Å²) in [4.78, 5) is 4.78. The molecule has 0 radical (unpaired) electrons. The highest BCUT2D eigenvalue weighted by Gasteiger charge is 2.07. The Morgan fingerprint density at radius 2 is 1.00 bits per heavy atom. The Bertz CT molecular complexity index is 1240. The lowest BCUT2D eigenvalue weighted by Crippen LogP contribution is -1.92. The molecule has 2 heteroatoms. The summed E-state index contributed by atoms with van der Waals surface area (Å²) in [6.07, 6.45) is 1.88. The van der Waals surface area contributed by atoms with Crippen molar-refractivity contribution < 1.29 is 0 Å². The average Bonchev–Trinajstić information content (AvgIpc) is 2.76. The number of benzene rings is 3. The molecule has 0 aliphatic rings. The number of pyridine rings is 1. The lowest BCUT2D eigenvalue weighted by atomic mass is 10.1. The quantitative estimate of drug-likeness (QED) is 0.332. The molecule has 0 atom stereocenters. The summed E-state index contributed by atoms with van der Waals surface area (Å²) in [6.45, 7) is 0. The predicted molar refractivity (Wildman–Crippen MR) is 111 cm³/mol. The van der Waals surface area contributed by atoms with Gasteiger partial charge in [-0.1, -0.05) is 66.7 Å². The zero-order valence-corrected chi connectivity index (χ0v) is 14.6. The Labute approximate surface area is 151 Å². The molecule has 0 aliphatic carbocycles. The van der Waals surface area contributed by atoms with Crippen molar-refractivity contribution in [3.05, 3.63) is 91.1 Å². The third-order valence-electron chi connectivity index (χ3n) is 5.10. The molecule has 0 amide bonds. The van der Waals surface area contributed by atoms with E-state index in [0.29, 0.717) is 0 Å². The van der Waals surface area contributed by atoms with E-state index in [2.05, 4.69) is 90.5 Å². The van der Waals surface area contributed by atoms with Gasteiger partial charge in [0.1, 0.15) is 0 Å². The maximum absolute atomic E-state index is 4.78. The number of aromatic nitrogens is 2. The molecule has 5 aromatic rings. The number of hydrogen-bond donors (Lipinski definition) is 0. The first-order valence-corrected chi connectivity index (χ1v) is 8.81. The van der Waals surface area contributed by atoms with Gasteiger partial charge in [0, 0.05) is 45.8 Å². The van der Waals surface area contributed by atoms with Crippen molar-refractivity contribution in [1.82, 2.24) is 9.55 Å². The van der Waals surface area contributed by atoms with Crippen LogP contribution in [0.5, 0.6) is 0 Å². The van der Waals surface area contributed by atoms with Crippen molar-refractivity contribution in [3.63, 3.8) is 0 Å². The van der Waals surface area contributed by atoms with Crippen LogP contribution >= 0.6 is 0 Å². The van der Waals surface area contributed by atoms with Gasteiger partial charge < -0.3 is 4.57 Å². The third kappa shape index (κ3) is 2.16. The van der Waals surface area contributed by atoms with Crippen molar-refractivity contribution in [3.8, 4) is 0 Å². The van der Waals surface area contributed by atoms with Crippen LogP contribution in [0.25, 0.3) is 43.5 Å². The van der Waals surface area contributed by atoms with Crippen molar-refractivity contribution >= 4 is 43.5 Å². The number of rotatable bonds is 0. The minimum absolute atomic E-state index is 1.03. The zero-order chi connectivity index (χ0) is 17.5. The molecule has 124 valence electrons. The highest BCUT2D eigenvalue weighted by Crippen LogP contribution is 2.30. The van der Waals surface area contributed by atoms with Gasteiger partial charge in [-0.25, -0.2) is 0 Å². The van der Waals surface area contributed by atoms with E-state index in [9.17, 15) is 0 Å². The van der Waals surface area contributed by atoms with Crippen LogP contribution in [0, 0.1) is 0 Å². The van der Waals surface area contributed by atoms with E-state index in [1.165, 1.54) is 32.6 Å². The number of para-hydroxylation sites is 2. The van der Waals surface area contributed by atoms with Gasteiger partial charge >= 0.3 is 0 Å². The van der Waals surface area contributed by atoms with Gasteiger partial charge in [-0.3, -0.25) is 4.98 Å². The summed E-state index contributed by atoms with van der Waals surface area (Å²) in [5.41, 5.74) is 3.41. The molecule has 3 aromatic carbocycles. The monoisotopic (exact) mass is 334 g/mol. The predicted octanol–water partition coefficient (Wildman–Crippen LogP) is 6.16. The molecule has 0 spiro atoms. The van der Waals surface area contributed by atoms with Crippen LogP contribution in [0.1, 0.15) is 0 Å². The molecule has 2 nitrogen and oxygen atoms in total. The normalized spacial score (nSPS) is 11.3. The molecule has 0 unspecified atom stereocenters. The lowest BCUT2D eigenvalue weighted by molar-refractivity contribution is 1.01. The number of fused-ring (bicyclic) bond motifs is 7. The van der Waals surface area contributed by atoms with Crippen LogP contribution in [0.3, 0.4) is 0 Å². The molecular weight excluding hydrogens is 316 g/mol. The van der Waals surface area contributed by atoms with Crippen LogP contribution in [-0.2, 0) is 7.05 Å². The molecule has 2 heterocycles. The third-order valence-corrected chi connectivity index (χ3v) is 5.10. The summed E-state index contributed by atoms with van der Waals surface area (Å²) in [5, 5.41) is 5.96. The highest BCUT2D eigenvalue weighted by atomic mass is 14.9. The fourth-order valence-electron chi connectivity index (χ4n) is 3.88. The number of hydrogen-bond acceptors (Lipinski definition) is 1. The van der Waals surface area contributed by atoms with E-state index >= 15 is 0 Å². The maximum Gasteiger partial charge on any atom is 0.0787 e. The SMILES string of the molecule is Cn1c2ccccc2c2ccccc2c2ncccc2c2ccccc21. The van der Waals surface area contributed by atoms with E-state index < -0.39 is 0 Å². The summed E-state index contributed by atoms with van der Waals surface area (Å²) in [5.74, 6) is 0. The Hall–Kier alpha value is -3.39. The van der Waals surface area contributed by atoms with Gasteiger partial charge in [0.15, 0.2) is 0 Å². The average molecular weight is 334 g/mol. The second kappa shape index (κ2) is 5.85.